The first-order chi connectivity index (χ1) is 8.66. The van der Waals surface area contributed by atoms with E-state index in [1.807, 2.05) is 24.3 Å². The van der Waals surface area contributed by atoms with Gasteiger partial charge in [-0.05, 0) is 17.7 Å². The normalized spacial score (nSPS) is 18.5. The van der Waals surface area contributed by atoms with Crippen LogP contribution in [0.5, 0.6) is 0 Å². The smallest absolute Gasteiger partial charge is 0.305 e. The molecule has 0 aromatic heterocycles. The maximum atomic E-state index is 11.0. The van der Waals surface area contributed by atoms with Gasteiger partial charge in [0.2, 0.25) is 0 Å². The van der Waals surface area contributed by atoms with E-state index in [1.165, 1.54) is 0 Å². The zero-order valence-electron chi connectivity index (χ0n) is 10.0. The summed E-state index contributed by atoms with van der Waals surface area (Å²) in [6.07, 6.45) is 0.121. The second-order valence-corrected chi connectivity index (χ2v) is 5.23. The zero-order chi connectivity index (χ0) is 13.0. The van der Waals surface area contributed by atoms with Crippen molar-refractivity contribution >= 4 is 21.9 Å². The number of aliphatic carboxylic acids is 1. The van der Waals surface area contributed by atoms with Crippen molar-refractivity contribution in [1.82, 2.24) is 4.90 Å². The largest absolute Gasteiger partial charge is 0.481 e. The molecule has 1 aromatic carbocycles. The quantitative estimate of drug-likeness (QED) is 0.926. The van der Waals surface area contributed by atoms with Gasteiger partial charge in [-0.3, -0.25) is 9.69 Å². The van der Waals surface area contributed by atoms with E-state index in [2.05, 4.69) is 20.8 Å². The van der Waals surface area contributed by atoms with Crippen LogP contribution in [-0.4, -0.2) is 42.3 Å². The standard InChI is InChI=1S/C13H16BrNO3/c14-11-3-1-2-10(8-11)12(9-13(16)17)15-4-6-18-7-5-15/h1-3,8,12H,4-7,9H2,(H,16,17). The predicted octanol–water partition coefficient (Wildman–Crippen LogP) is 2.30. The molecule has 1 atom stereocenters. The van der Waals surface area contributed by atoms with E-state index >= 15 is 0 Å². The average molecular weight is 314 g/mol. The van der Waals surface area contributed by atoms with E-state index in [1.54, 1.807) is 0 Å². The Morgan fingerprint density at radius 1 is 1.44 bits per heavy atom. The van der Waals surface area contributed by atoms with Gasteiger partial charge in [0, 0.05) is 23.6 Å². The van der Waals surface area contributed by atoms with Crippen LogP contribution in [0.2, 0.25) is 0 Å². The molecule has 5 heteroatoms. The van der Waals surface area contributed by atoms with Crippen LogP contribution in [0.1, 0.15) is 18.0 Å². The van der Waals surface area contributed by atoms with Gasteiger partial charge in [-0.1, -0.05) is 28.1 Å². The minimum atomic E-state index is -0.772. The number of morpholine rings is 1. The number of nitrogens with zero attached hydrogens (tertiary/aromatic N) is 1. The topological polar surface area (TPSA) is 49.8 Å². The van der Waals surface area contributed by atoms with Crippen LogP contribution in [0.3, 0.4) is 0 Å². The number of ether oxygens (including phenoxy) is 1. The van der Waals surface area contributed by atoms with E-state index in [-0.39, 0.29) is 12.5 Å². The van der Waals surface area contributed by atoms with Crippen LogP contribution < -0.4 is 0 Å². The molecule has 1 aromatic rings. The molecule has 1 aliphatic heterocycles. The molecule has 0 radical (unpaired) electrons. The van der Waals surface area contributed by atoms with Crippen LogP contribution in [0, 0.1) is 0 Å². The number of rotatable bonds is 4. The second kappa shape index (κ2) is 6.31. The van der Waals surface area contributed by atoms with Crippen LogP contribution in [0.15, 0.2) is 28.7 Å². The summed E-state index contributed by atoms with van der Waals surface area (Å²) in [5.41, 5.74) is 1.04. The van der Waals surface area contributed by atoms with Crippen LogP contribution in [0.25, 0.3) is 0 Å². The summed E-state index contributed by atoms with van der Waals surface area (Å²) in [5.74, 6) is -0.772. The Bertz CT molecular complexity index is 418. The Morgan fingerprint density at radius 3 is 2.78 bits per heavy atom. The summed E-state index contributed by atoms with van der Waals surface area (Å²) < 4.78 is 6.29. The minimum absolute atomic E-state index is 0.0797. The third-order valence-corrected chi connectivity index (χ3v) is 3.58. The van der Waals surface area contributed by atoms with Crippen LogP contribution in [0.4, 0.5) is 0 Å². The molecule has 1 heterocycles. The van der Waals surface area contributed by atoms with Gasteiger partial charge >= 0.3 is 5.97 Å². The van der Waals surface area contributed by atoms with Gasteiger partial charge in [-0.15, -0.1) is 0 Å². The molecular formula is C13H16BrNO3. The van der Waals surface area contributed by atoms with Crippen molar-refractivity contribution in [2.75, 3.05) is 26.3 Å². The number of carboxylic acid groups (broad SMARTS) is 1. The molecule has 4 nitrogen and oxygen atoms in total. The van der Waals surface area contributed by atoms with Gasteiger partial charge in [0.05, 0.1) is 19.6 Å². The number of carbonyl (C=O) groups is 1. The summed E-state index contributed by atoms with van der Waals surface area (Å²) in [7, 11) is 0. The average Bonchev–Trinajstić information content (AvgIpc) is 2.37. The molecule has 0 spiro atoms. The van der Waals surface area contributed by atoms with Crippen molar-refractivity contribution in [2.45, 2.75) is 12.5 Å². The maximum Gasteiger partial charge on any atom is 0.305 e. The van der Waals surface area contributed by atoms with Crippen molar-refractivity contribution in [3.05, 3.63) is 34.3 Å². The molecule has 18 heavy (non-hydrogen) atoms. The SMILES string of the molecule is O=C(O)CC(c1cccc(Br)c1)N1CCOCC1. The van der Waals surface area contributed by atoms with Gasteiger partial charge < -0.3 is 9.84 Å². The number of carboxylic acids is 1. The molecule has 98 valence electrons. The van der Waals surface area contributed by atoms with Crippen molar-refractivity contribution in [2.24, 2.45) is 0 Å². The van der Waals surface area contributed by atoms with E-state index in [0.29, 0.717) is 13.2 Å². The van der Waals surface area contributed by atoms with Crippen molar-refractivity contribution in [3.8, 4) is 0 Å². The van der Waals surface area contributed by atoms with Gasteiger partial charge in [0.1, 0.15) is 0 Å². The Kier molecular flexibility index (Phi) is 4.74. The second-order valence-electron chi connectivity index (χ2n) is 4.32. The lowest BCUT2D eigenvalue weighted by Crippen LogP contribution is -2.39. The predicted molar refractivity (Wildman–Crippen MR) is 71.5 cm³/mol. The molecule has 1 unspecified atom stereocenters. The Hall–Kier alpha value is -0.910. The molecule has 0 aliphatic carbocycles. The molecule has 1 saturated heterocycles. The monoisotopic (exact) mass is 313 g/mol. The van der Waals surface area contributed by atoms with Crippen molar-refractivity contribution in [3.63, 3.8) is 0 Å². The first-order valence-corrected chi connectivity index (χ1v) is 6.75. The first kappa shape index (κ1) is 13.5. The Morgan fingerprint density at radius 2 is 2.17 bits per heavy atom. The highest BCUT2D eigenvalue weighted by Gasteiger charge is 2.24. The highest BCUT2D eigenvalue weighted by molar-refractivity contribution is 9.10. The molecule has 2 rings (SSSR count). The number of benzene rings is 1. The van der Waals surface area contributed by atoms with Gasteiger partial charge in [-0.25, -0.2) is 0 Å². The minimum Gasteiger partial charge on any atom is -0.481 e. The van der Waals surface area contributed by atoms with Crippen LogP contribution in [-0.2, 0) is 9.53 Å². The van der Waals surface area contributed by atoms with Crippen molar-refractivity contribution in [1.29, 1.82) is 0 Å². The molecule has 1 N–H and O–H groups in total. The highest BCUT2D eigenvalue weighted by atomic mass is 79.9. The first-order valence-electron chi connectivity index (χ1n) is 5.96. The molecular weight excluding hydrogens is 298 g/mol. The fourth-order valence-electron chi connectivity index (χ4n) is 2.23. The third kappa shape index (κ3) is 3.54. The molecule has 1 fully saturated rings. The number of hydrogen-bond donors (Lipinski definition) is 1. The van der Waals surface area contributed by atoms with Gasteiger partial charge in [0.25, 0.3) is 0 Å². The third-order valence-electron chi connectivity index (χ3n) is 3.09. The van der Waals surface area contributed by atoms with E-state index in [9.17, 15) is 4.79 Å². The summed E-state index contributed by atoms with van der Waals surface area (Å²) in [6.45, 7) is 2.91. The number of hydrogen-bond acceptors (Lipinski definition) is 3. The summed E-state index contributed by atoms with van der Waals surface area (Å²) in [5, 5.41) is 9.08. The molecule has 1 aliphatic rings. The molecule has 0 bridgehead atoms. The zero-order valence-corrected chi connectivity index (χ0v) is 11.6. The summed E-state index contributed by atoms with van der Waals surface area (Å²) in [6, 6.07) is 7.77. The number of halogens is 1. The Balaban J connectivity index is 2.20. The maximum absolute atomic E-state index is 11.0. The lowest BCUT2D eigenvalue weighted by atomic mass is 10.0. The highest BCUT2D eigenvalue weighted by Crippen LogP contribution is 2.27. The van der Waals surface area contributed by atoms with Crippen LogP contribution >= 0.6 is 15.9 Å². The molecule has 0 amide bonds. The van der Waals surface area contributed by atoms with Gasteiger partial charge in [-0.2, -0.15) is 0 Å². The fraction of sp³-hybridized carbons (Fsp3) is 0.462. The lowest BCUT2D eigenvalue weighted by Gasteiger charge is -2.34. The van der Waals surface area contributed by atoms with Gasteiger partial charge in [0.15, 0.2) is 0 Å². The van der Waals surface area contributed by atoms with Crippen molar-refractivity contribution < 1.29 is 14.6 Å². The van der Waals surface area contributed by atoms with E-state index in [4.69, 9.17) is 9.84 Å². The lowest BCUT2D eigenvalue weighted by molar-refractivity contribution is -0.139. The van der Waals surface area contributed by atoms with E-state index < -0.39 is 5.97 Å². The molecule has 0 saturated carbocycles. The fourth-order valence-corrected chi connectivity index (χ4v) is 2.64. The van der Waals surface area contributed by atoms with E-state index in [0.717, 1.165) is 23.1 Å². The summed E-state index contributed by atoms with van der Waals surface area (Å²) in [4.78, 5) is 13.2. The Labute approximate surface area is 115 Å². The summed E-state index contributed by atoms with van der Waals surface area (Å²) >= 11 is 3.43.